The van der Waals surface area contributed by atoms with E-state index in [1.165, 1.54) is 29.1 Å². The number of nitrogens with zero attached hydrogens (tertiary/aromatic N) is 2. The van der Waals surface area contributed by atoms with E-state index in [-0.39, 0.29) is 0 Å². The van der Waals surface area contributed by atoms with Gasteiger partial charge in [0.2, 0.25) is 0 Å². The fourth-order valence-electron chi connectivity index (χ4n) is 1.58. The van der Waals surface area contributed by atoms with Crippen molar-refractivity contribution in [2.24, 2.45) is 0 Å². The van der Waals surface area contributed by atoms with Crippen molar-refractivity contribution in [2.75, 3.05) is 6.61 Å². The van der Waals surface area contributed by atoms with E-state index in [4.69, 9.17) is 4.74 Å². The highest BCUT2D eigenvalue weighted by Gasteiger charge is 2.20. The maximum atomic E-state index is 5.61. The van der Waals surface area contributed by atoms with Crippen LogP contribution in [0.2, 0.25) is 0 Å². The van der Waals surface area contributed by atoms with Gasteiger partial charge in [-0.25, -0.2) is 0 Å². The van der Waals surface area contributed by atoms with Crippen LogP contribution in [-0.2, 0) is 13.0 Å². The van der Waals surface area contributed by atoms with E-state index in [1.54, 1.807) is 11.3 Å². The number of aromatic nitrogens is 2. The maximum absolute atomic E-state index is 5.61. The van der Waals surface area contributed by atoms with E-state index in [0.29, 0.717) is 17.8 Å². The van der Waals surface area contributed by atoms with Crippen molar-refractivity contribution in [1.29, 1.82) is 0 Å². The summed E-state index contributed by atoms with van der Waals surface area (Å²) in [7, 11) is 0. The molecule has 0 bridgehead atoms. The molecule has 1 aliphatic carbocycles. The molecule has 0 amide bonds. The Morgan fingerprint density at radius 1 is 1.39 bits per heavy atom. The molecule has 6 heteroatoms. The fourth-order valence-corrected chi connectivity index (χ4v) is 2.93. The van der Waals surface area contributed by atoms with Gasteiger partial charge in [-0.05, 0) is 24.3 Å². The second-order valence-corrected chi connectivity index (χ2v) is 6.35. The van der Waals surface area contributed by atoms with Crippen molar-refractivity contribution < 1.29 is 4.74 Å². The highest BCUT2D eigenvalue weighted by atomic mass is 32.1. The van der Waals surface area contributed by atoms with Gasteiger partial charge in [0, 0.05) is 17.3 Å². The summed E-state index contributed by atoms with van der Waals surface area (Å²) in [5.41, 5.74) is 0. The largest absolute Gasteiger partial charge is 0.469 e. The van der Waals surface area contributed by atoms with E-state index >= 15 is 0 Å². The van der Waals surface area contributed by atoms with E-state index in [2.05, 4.69) is 33.0 Å². The number of hydrogen-bond acceptors (Lipinski definition) is 6. The van der Waals surface area contributed by atoms with Gasteiger partial charge in [0.05, 0.1) is 13.2 Å². The summed E-state index contributed by atoms with van der Waals surface area (Å²) in [4.78, 5) is 1.34. The first-order chi connectivity index (χ1) is 8.90. The molecule has 1 saturated carbocycles. The van der Waals surface area contributed by atoms with Crippen LogP contribution in [0.5, 0.6) is 5.19 Å². The van der Waals surface area contributed by atoms with Gasteiger partial charge in [0.1, 0.15) is 5.01 Å². The summed E-state index contributed by atoms with van der Waals surface area (Å²) >= 11 is 3.30. The second kappa shape index (κ2) is 5.77. The van der Waals surface area contributed by atoms with Crippen LogP contribution in [-0.4, -0.2) is 22.8 Å². The van der Waals surface area contributed by atoms with Crippen LogP contribution >= 0.6 is 22.7 Å². The molecule has 1 aliphatic rings. The highest BCUT2D eigenvalue weighted by Crippen LogP contribution is 2.22. The molecule has 0 unspecified atom stereocenters. The third kappa shape index (κ3) is 3.51. The summed E-state index contributed by atoms with van der Waals surface area (Å²) in [6, 6.07) is 4.89. The zero-order valence-corrected chi connectivity index (χ0v) is 11.6. The molecule has 2 heterocycles. The van der Waals surface area contributed by atoms with Crippen LogP contribution in [0, 0.1) is 0 Å². The minimum absolute atomic E-state index is 0.672. The molecule has 18 heavy (non-hydrogen) atoms. The van der Waals surface area contributed by atoms with Gasteiger partial charge in [-0.2, -0.15) is 0 Å². The molecule has 2 aromatic heterocycles. The Bertz CT molecular complexity index is 479. The molecule has 2 aromatic rings. The molecule has 3 rings (SSSR count). The lowest BCUT2D eigenvalue weighted by atomic mass is 10.4. The summed E-state index contributed by atoms with van der Waals surface area (Å²) in [5.74, 6) is 0. The first-order valence-electron chi connectivity index (χ1n) is 6.11. The SMILES string of the molecule is c1csc(CCOc2nnc(CNC3CC3)s2)c1. The molecule has 0 spiro atoms. The van der Waals surface area contributed by atoms with Crippen LogP contribution in [0.15, 0.2) is 17.5 Å². The van der Waals surface area contributed by atoms with Crippen molar-refractivity contribution >= 4 is 22.7 Å². The Balaban J connectivity index is 1.41. The van der Waals surface area contributed by atoms with Crippen molar-refractivity contribution in [3.05, 3.63) is 27.4 Å². The number of ether oxygens (including phenoxy) is 1. The quantitative estimate of drug-likeness (QED) is 0.847. The Labute approximate surface area is 114 Å². The van der Waals surface area contributed by atoms with Crippen LogP contribution in [0.1, 0.15) is 22.7 Å². The van der Waals surface area contributed by atoms with Crippen molar-refractivity contribution in [1.82, 2.24) is 15.5 Å². The molecule has 0 aromatic carbocycles. The van der Waals surface area contributed by atoms with E-state index in [9.17, 15) is 0 Å². The normalized spacial score (nSPS) is 14.9. The van der Waals surface area contributed by atoms with Gasteiger partial charge >= 0.3 is 0 Å². The first-order valence-corrected chi connectivity index (χ1v) is 7.81. The summed E-state index contributed by atoms with van der Waals surface area (Å²) in [6.07, 6.45) is 3.53. The van der Waals surface area contributed by atoms with Gasteiger partial charge in [-0.3, -0.25) is 0 Å². The molecule has 96 valence electrons. The topological polar surface area (TPSA) is 47.0 Å². The molecule has 0 aliphatic heterocycles. The fraction of sp³-hybridized carbons (Fsp3) is 0.500. The van der Waals surface area contributed by atoms with E-state index in [0.717, 1.165) is 18.0 Å². The van der Waals surface area contributed by atoms with Crippen molar-refractivity contribution in [3.63, 3.8) is 0 Å². The molecule has 1 fully saturated rings. The van der Waals surface area contributed by atoms with Gasteiger partial charge in [-0.1, -0.05) is 17.4 Å². The Morgan fingerprint density at radius 2 is 2.33 bits per heavy atom. The average Bonchev–Trinajstić information content (AvgIpc) is 2.89. The predicted octanol–water partition coefficient (Wildman–Crippen LogP) is 2.47. The number of thiophene rings is 1. The molecule has 0 saturated heterocycles. The standard InChI is InChI=1S/C12H15N3OS2/c1-2-10(17-7-1)5-6-16-12-15-14-11(18-12)8-13-9-3-4-9/h1-2,7,9,13H,3-6,8H2. The predicted molar refractivity (Wildman–Crippen MR) is 73.3 cm³/mol. The number of nitrogens with one attached hydrogen (secondary N) is 1. The van der Waals surface area contributed by atoms with E-state index in [1.807, 2.05) is 0 Å². The smallest absolute Gasteiger partial charge is 0.294 e. The van der Waals surface area contributed by atoms with Gasteiger partial charge in [-0.15, -0.1) is 21.5 Å². The minimum atomic E-state index is 0.672. The molecular formula is C12H15N3OS2. The Hall–Kier alpha value is -0.980. The van der Waals surface area contributed by atoms with Gasteiger partial charge < -0.3 is 10.1 Å². The molecule has 0 atom stereocenters. The average molecular weight is 281 g/mol. The summed E-state index contributed by atoms with van der Waals surface area (Å²) in [6.45, 7) is 1.49. The third-order valence-corrected chi connectivity index (χ3v) is 4.49. The lowest BCUT2D eigenvalue weighted by molar-refractivity contribution is 0.318. The van der Waals surface area contributed by atoms with E-state index < -0.39 is 0 Å². The molecular weight excluding hydrogens is 266 g/mol. The highest BCUT2D eigenvalue weighted by molar-refractivity contribution is 7.13. The van der Waals surface area contributed by atoms with Crippen molar-refractivity contribution in [3.8, 4) is 5.19 Å². The molecule has 0 radical (unpaired) electrons. The Kier molecular flexibility index (Phi) is 3.87. The first kappa shape index (κ1) is 12.1. The Morgan fingerprint density at radius 3 is 3.11 bits per heavy atom. The maximum Gasteiger partial charge on any atom is 0.294 e. The molecule has 1 N–H and O–H groups in total. The lowest BCUT2D eigenvalue weighted by Gasteiger charge is -1.99. The van der Waals surface area contributed by atoms with Gasteiger partial charge in [0.25, 0.3) is 5.19 Å². The minimum Gasteiger partial charge on any atom is -0.469 e. The summed E-state index contributed by atoms with van der Waals surface area (Å²) in [5, 5.41) is 15.3. The lowest BCUT2D eigenvalue weighted by Crippen LogP contribution is -2.14. The summed E-state index contributed by atoms with van der Waals surface area (Å²) < 4.78 is 5.61. The van der Waals surface area contributed by atoms with Crippen LogP contribution in [0.3, 0.4) is 0 Å². The number of rotatable bonds is 7. The molecule has 4 nitrogen and oxygen atoms in total. The van der Waals surface area contributed by atoms with Crippen molar-refractivity contribution in [2.45, 2.75) is 31.8 Å². The van der Waals surface area contributed by atoms with Gasteiger partial charge in [0.15, 0.2) is 0 Å². The third-order valence-electron chi connectivity index (χ3n) is 2.72. The van der Waals surface area contributed by atoms with Crippen LogP contribution in [0.4, 0.5) is 0 Å². The number of hydrogen-bond donors (Lipinski definition) is 1. The van der Waals surface area contributed by atoms with Crippen LogP contribution in [0.25, 0.3) is 0 Å². The zero-order valence-electron chi connectivity index (χ0n) is 9.96. The zero-order chi connectivity index (χ0) is 12.2. The monoisotopic (exact) mass is 281 g/mol. The second-order valence-electron chi connectivity index (χ2n) is 4.29. The van der Waals surface area contributed by atoms with Crippen LogP contribution < -0.4 is 10.1 Å².